The lowest BCUT2D eigenvalue weighted by Crippen LogP contribution is -1.55. The lowest BCUT2D eigenvalue weighted by Gasteiger charge is -1.68. The van der Waals surface area contributed by atoms with Gasteiger partial charge in [-0.15, -0.1) is 9.52 Å². The molecule has 0 rings (SSSR count). The van der Waals surface area contributed by atoms with Crippen LogP contribution in [0.1, 0.15) is 0 Å². The number of rotatable bonds is 1. The maximum Gasteiger partial charge on any atom is 0.235 e. The fraction of sp³-hybridized carbons (Fsp3) is 0. The summed E-state index contributed by atoms with van der Waals surface area (Å²) in [5.41, 5.74) is 0. The minimum absolute atomic E-state index is 1.73. The predicted molar refractivity (Wildman–Crippen MR) is 28.1 cm³/mol. The summed E-state index contributed by atoms with van der Waals surface area (Å²) in [7, 11) is -0.0915. The highest BCUT2D eigenvalue weighted by Gasteiger charge is 1.69. The van der Waals surface area contributed by atoms with E-state index in [-0.39, 0.29) is 0 Å². The first-order valence-electron chi connectivity index (χ1n) is 1.15. The summed E-state index contributed by atoms with van der Waals surface area (Å²) in [5.74, 6) is 0. The van der Waals surface area contributed by atoms with Gasteiger partial charge in [-0.2, -0.15) is 0 Å². The Hall–Kier alpha value is -0.280. The fourth-order valence-electron chi connectivity index (χ4n) is 0.0521. The van der Waals surface area contributed by atoms with Gasteiger partial charge in [0.1, 0.15) is 0 Å². The third kappa shape index (κ3) is 3.55. The first-order valence-corrected chi connectivity index (χ1v) is 2.72. The van der Waals surface area contributed by atoms with Crippen LogP contribution in [0.4, 0.5) is 0 Å². The molecule has 0 heterocycles. The molecule has 1 unspecified atom stereocenters. The normalized spacial score (nSPS) is 11.1. The number of hydrogen-bond donors (Lipinski definition) is 0. The average Bonchev–Trinajstić information content (AvgIpc) is 1.68. The molecule has 0 saturated heterocycles. The molecule has 0 aliphatic heterocycles. The summed E-state index contributed by atoms with van der Waals surface area (Å²) in [4.78, 5) is 9.22. The van der Waals surface area contributed by atoms with Crippen molar-refractivity contribution >= 4 is 20.0 Å². The minimum Gasteiger partial charge on any atom is -0.224 e. The molecule has 5 nitrogen and oxygen atoms in total. The molecule has 0 radical (unpaired) electrons. The third-order valence-electron chi connectivity index (χ3n) is 0.176. The maximum absolute atomic E-state index is 9.22. The van der Waals surface area contributed by atoms with Crippen LogP contribution in [-0.2, 0) is 15.1 Å². The highest BCUT2D eigenvalue weighted by Crippen LogP contribution is 1.84. The summed E-state index contributed by atoms with van der Waals surface area (Å²) < 4.78 is 16.9. The number of nitrogens with zero attached hydrogens (tertiary/aromatic N) is 3. The van der Waals surface area contributed by atoms with Crippen LogP contribution in [0, 0.1) is 9.52 Å². The first kappa shape index (κ1) is 6.72. The molecule has 1 atom stereocenters. The van der Waals surface area contributed by atoms with Gasteiger partial charge in [-0.05, 0) is 4.53 Å². The van der Waals surface area contributed by atoms with Gasteiger partial charge >= 0.3 is 0 Å². The van der Waals surface area contributed by atoms with Crippen LogP contribution in [0.5, 0.6) is 0 Å². The van der Waals surface area contributed by atoms with E-state index < -0.39 is 10.5 Å². The van der Waals surface area contributed by atoms with Gasteiger partial charge in [0, 0.05) is 9.47 Å². The van der Waals surface area contributed by atoms with Crippen LogP contribution in [0.25, 0.3) is 0 Å². The van der Waals surface area contributed by atoms with Crippen LogP contribution < -0.4 is 0 Å². The Kier molecular flexibility index (Phi) is 3.74. The molecule has 0 aliphatic carbocycles. The Bertz CT molecular complexity index is 166. The first-order chi connectivity index (χ1) is 3.31. The zero-order chi connectivity index (χ0) is 5.70. The van der Waals surface area contributed by atoms with E-state index in [9.17, 15) is 4.91 Å². The molecule has 0 aliphatic rings. The highest BCUT2D eigenvalue weighted by molar-refractivity contribution is 7.71. The van der Waals surface area contributed by atoms with Crippen LogP contribution in [-0.4, -0.2) is 0 Å². The molecule has 40 valence electrons. The summed E-state index contributed by atoms with van der Waals surface area (Å²) in [5, 5.41) is 0. The van der Waals surface area contributed by atoms with Gasteiger partial charge < -0.3 is 0 Å². The van der Waals surface area contributed by atoms with E-state index in [1.165, 1.54) is 0 Å². The van der Waals surface area contributed by atoms with Crippen molar-refractivity contribution in [2.75, 3.05) is 0 Å². The zero-order valence-corrected chi connectivity index (χ0v) is 5.11. The van der Waals surface area contributed by atoms with E-state index in [2.05, 4.69) is 13.7 Å². The standard InChI is InChI=1S/H2N3O2PS/c1-7(2-4)3-5-6/h6H2. The molecule has 0 aromatic heterocycles. The van der Waals surface area contributed by atoms with Crippen molar-refractivity contribution < 1.29 is 4.62 Å². The van der Waals surface area contributed by atoms with Gasteiger partial charge in [0.15, 0.2) is 0 Å². The molecule has 7 heteroatoms. The molecule has 7 heavy (non-hydrogen) atoms. The minimum atomic E-state index is -1.83. The molecule has 0 fully saturated rings. The quantitative estimate of drug-likeness (QED) is 0.304. The summed E-state index contributed by atoms with van der Waals surface area (Å²) in [6.07, 6.45) is 0. The van der Waals surface area contributed by atoms with Crippen LogP contribution in [0.15, 0.2) is 9.11 Å². The molecule has 0 N–H and O–H groups in total. The van der Waals surface area contributed by atoms with Crippen LogP contribution >= 0.6 is 9.47 Å². The van der Waals surface area contributed by atoms with Gasteiger partial charge in [0.05, 0.1) is 4.58 Å². The summed E-state index contributed by atoms with van der Waals surface area (Å²) >= 11 is 0. The molecule has 0 aromatic carbocycles. The monoisotopic (exact) mass is 139 g/mol. The van der Waals surface area contributed by atoms with Gasteiger partial charge in [-0.1, -0.05) is 0 Å². The fourth-order valence-corrected chi connectivity index (χ4v) is 0.387. The predicted octanol–water partition coefficient (Wildman–Crippen LogP) is 0.671. The van der Waals surface area contributed by atoms with E-state index in [1.54, 1.807) is 9.47 Å². The second kappa shape index (κ2) is 3.89. The van der Waals surface area contributed by atoms with Crippen LogP contribution in [0.2, 0.25) is 0 Å². The maximum atomic E-state index is 9.22. The Morgan fingerprint density at radius 3 is 2.57 bits per heavy atom. The van der Waals surface area contributed by atoms with Crippen LogP contribution in [0.3, 0.4) is 0 Å². The third-order valence-corrected chi connectivity index (χ3v) is 0.787. The molecule has 0 bridgehead atoms. The Morgan fingerprint density at radius 2 is 2.43 bits per heavy atom. The highest BCUT2D eigenvalue weighted by atomic mass is 32.2. The second-order valence-electron chi connectivity index (χ2n) is 0.499. The Labute approximate surface area is 44.1 Å². The van der Waals surface area contributed by atoms with Gasteiger partial charge in [-0.3, -0.25) is 0 Å². The molecule has 0 spiro atoms. The van der Waals surface area contributed by atoms with E-state index in [1.807, 2.05) is 0 Å². The Morgan fingerprint density at radius 1 is 1.86 bits per heavy atom. The zero-order valence-electron chi connectivity index (χ0n) is 3.14. The SMILES string of the molecule is N#S(N=O)=NOP. The van der Waals surface area contributed by atoms with Crippen molar-refractivity contribution in [3.63, 3.8) is 0 Å². The van der Waals surface area contributed by atoms with E-state index in [0.717, 1.165) is 0 Å². The number of nitroso groups, excluding NO2 is 1. The summed E-state index contributed by atoms with van der Waals surface area (Å²) in [6, 6.07) is 0. The molecule has 0 aromatic rings. The lowest BCUT2D eigenvalue weighted by atomic mass is 13.6. The van der Waals surface area contributed by atoms with Gasteiger partial charge in [0.2, 0.25) is 10.5 Å². The second-order valence-corrected chi connectivity index (χ2v) is 1.50. The largest absolute Gasteiger partial charge is 0.235 e. The van der Waals surface area contributed by atoms with E-state index in [4.69, 9.17) is 4.61 Å². The summed E-state index contributed by atoms with van der Waals surface area (Å²) in [6.45, 7) is 0. The molecular formula is H2N3O2PS. The van der Waals surface area contributed by atoms with Crippen molar-refractivity contribution in [3.8, 4) is 0 Å². The smallest absolute Gasteiger partial charge is 0.224 e. The van der Waals surface area contributed by atoms with Gasteiger partial charge in [-0.25, -0.2) is 4.62 Å². The van der Waals surface area contributed by atoms with Crippen molar-refractivity contribution in [2.45, 2.75) is 0 Å². The van der Waals surface area contributed by atoms with E-state index in [0.29, 0.717) is 0 Å². The number of hydrogen-bond acceptors (Lipinski definition) is 4. The van der Waals surface area contributed by atoms with Crippen molar-refractivity contribution in [3.05, 3.63) is 4.91 Å². The molecule has 0 amide bonds. The van der Waals surface area contributed by atoms with Gasteiger partial charge in [0.25, 0.3) is 0 Å². The molecule has 0 saturated carbocycles. The van der Waals surface area contributed by atoms with Crippen molar-refractivity contribution in [2.24, 2.45) is 9.11 Å². The lowest BCUT2D eigenvalue weighted by molar-refractivity contribution is 0.414. The average molecular weight is 139 g/mol. The van der Waals surface area contributed by atoms with Crippen molar-refractivity contribution in [1.29, 1.82) is 4.61 Å². The Balaban J connectivity index is 3.85. The van der Waals surface area contributed by atoms with Crippen molar-refractivity contribution in [1.82, 2.24) is 0 Å². The van der Waals surface area contributed by atoms with E-state index >= 15 is 0 Å². The topological polar surface area (TPSA) is 74.8 Å². The molecular weight excluding hydrogens is 137 g/mol.